The largest absolute Gasteiger partial charge is 0.388 e. The lowest BCUT2D eigenvalue weighted by molar-refractivity contribution is 0.168. The maximum atomic E-state index is 10.2. The molecule has 2 aromatic rings. The third kappa shape index (κ3) is 6.99. The summed E-state index contributed by atoms with van der Waals surface area (Å²) in [6.07, 6.45) is 1.84. The molecule has 0 radical (unpaired) electrons. The van der Waals surface area contributed by atoms with Crippen LogP contribution in [-0.2, 0) is 13.1 Å². The molecule has 0 saturated carbocycles. The second-order valence-electron chi connectivity index (χ2n) is 5.37. The number of hydrogen-bond donors (Lipinski definition) is 3. The summed E-state index contributed by atoms with van der Waals surface area (Å²) in [4.78, 5) is 4.52. The number of aliphatic hydroxyl groups is 1. The molecule has 0 amide bonds. The molecule has 1 aromatic carbocycles. The molecule has 1 atom stereocenters. The van der Waals surface area contributed by atoms with E-state index in [1.807, 2.05) is 48.7 Å². The van der Waals surface area contributed by atoms with Crippen LogP contribution in [0.25, 0.3) is 0 Å². The van der Waals surface area contributed by atoms with Crippen LogP contribution in [0, 0.1) is 0 Å². The Morgan fingerprint density at radius 2 is 2.00 bits per heavy atom. The van der Waals surface area contributed by atoms with Gasteiger partial charge in [0.25, 0.3) is 0 Å². The number of hydrogen-bond acceptors (Lipinski definition) is 4. The SMILES string of the molecule is CCNC(=NCc1nncn1CC)NCCC(O)c1ccccc1.I. The summed E-state index contributed by atoms with van der Waals surface area (Å²) in [6.45, 7) is 6.75. The number of aromatic nitrogens is 3. The van der Waals surface area contributed by atoms with Crippen molar-refractivity contribution in [1.29, 1.82) is 0 Å². The predicted molar refractivity (Wildman–Crippen MR) is 110 cm³/mol. The number of halogens is 1. The van der Waals surface area contributed by atoms with Crippen LogP contribution in [0.3, 0.4) is 0 Å². The highest BCUT2D eigenvalue weighted by atomic mass is 127. The second-order valence-corrected chi connectivity index (χ2v) is 5.37. The maximum absolute atomic E-state index is 10.2. The Morgan fingerprint density at radius 3 is 2.68 bits per heavy atom. The summed E-state index contributed by atoms with van der Waals surface area (Å²) in [5.74, 6) is 1.54. The van der Waals surface area contributed by atoms with Crippen LogP contribution < -0.4 is 10.6 Å². The van der Waals surface area contributed by atoms with Crippen LogP contribution in [0.5, 0.6) is 0 Å². The van der Waals surface area contributed by atoms with Crippen molar-refractivity contribution in [2.24, 2.45) is 4.99 Å². The lowest BCUT2D eigenvalue weighted by Crippen LogP contribution is -2.38. The van der Waals surface area contributed by atoms with E-state index in [-0.39, 0.29) is 24.0 Å². The van der Waals surface area contributed by atoms with Gasteiger partial charge in [0.2, 0.25) is 0 Å². The number of aliphatic imine (C=N–C) groups is 1. The topological polar surface area (TPSA) is 87.4 Å². The summed E-state index contributed by atoms with van der Waals surface area (Å²) in [5, 5.41) is 24.6. The third-order valence-electron chi connectivity index (χ3n) is 3.65. The van der Waals surface area contributed by atoms with E-state index >= 15 is 0 Å². The van der Waals surface area contributed by atoms with Crippen molar-refractivity contribution < 1.29 is 5.11 Å². The minimum Gasteiger partial charge on any atom is -0.388 e. The van der Waals surface area contributed by atoms with Gasteiger partial charge in [-0.1, -0.05) is 30.3 Å². The Bertz CT molecular complexity index is 631. The number of nitrogens with one attached hydrogen (secondary N) is 2. The zero-order chi connectivity index (χ0) is 17.2. The smallest absolute Gasteiger partial charge is 0.191 e. The molecule has 1 unspecified atom stereocenters. The van der Waals surface area contributed by atoms with Gasteiger partial charge in [-0.25, -0.2) is 4.99 Å². The van der Waals surface area contributed by atoms with Gasteiger partial charge >= 0.3 is 0 Å². The zero-order valence-electron chi connectivity index (χ0n) is 14.7. The standard InChI is InChI=1S/C17H26N6O.HI/c1-3-18-17(20-12-16-22-21-13-23(16)4-2)19-11-10-15(24)14-8-6-5-7-9-14;/h5-9,13,15,24H,3-4,10-12H2,1-2H3,(H2,18,19,20);1H. The van der Waals surface area contributed by atoms with Gasteiger partial charge in [0.15, 0.2) is 11.8 Å². The first-order chi connectivity index (χ1) is 11.7. The van der Waals surface area contributed by atoms with Crippen molar-refractivity contribution in [1.82, 2.24) is 25.4 Å². The Labute approximate surface area is 166 Å². The normalized spacial score (nSPS) is 12.4. The van der Waals surface area contributed by atoms with Crippen LogP contribution in [0.1, 0.15) is 37.8 Å². The highest BCUT2D eigenvalue weighted by molar-refractivity contribution is 14.0. The fourth-order valence-electron chi connectivity index (χ4n) is 2.33. The minimum absolute atomic E-state index is 0. The van der Waals surface area contributed by atoms with Crippen molar-refractivity contribution in [3.05, 3.63) is 48.0 Å². The van der Waals surface area contributed by atoms with Gasteiger partial charge in [0, 0.05) is 19.6 Å². The Morgan fingerprint density at radius 1 is 1.24 bits per heavy atom. The number of aliphatic hydroxyl groups excluding tert-OH is 1. The summed E-state index contributed by atoms with van der Waals surface area (Å²) >= 11 is 0. The van der Waals surface area contributed by atoms with Crippen molar-refractivity contribution in [2.75, 3.05) is 13.1 Å². The average molecular weight is 458 g/mol. The van der Waals surface area contributed by atoms with Gasteiger partial charge in [0.05, 0.1) is 6.10 Å². The van der Waals surface area contributed by atoms with Gasteiger partial charge in [-0.15, -0.1) is 34.2 Å². The molecule has 0 spiro atoms. The van der Waals surface area contributed by atoms with Crippen molar-refractivity contribution >= 4 is 29.9 Å². The molecule has 0 aliphatic carbocycles. The molecule has 2 rings (SSSR count). The van der Waals surface area contributed by atoms with Gasteiger partial charge in [-0.3, -0.25) is 0 Å². The highest BCUT2D eigenvalue weighted by Crippen LogP contribution is 2.14. The Balaban J connectivity index is 0.00000312. The van der Waals surface area contributed by atoms with Gasteiger partial charge in [-0.2, -0.15) is 0 Å². The lowest BCUT2D eigenvalue weighted by atomic mass is 10.1. The molecule has 0 aliphatic rings. The molecular formula is C17H27IN6O. The van der Waals surface area contributed by atoms with Crippen molar-refractivity contribution in [2.45, 2.75) is 39.5 Å². The molecule has 1 heterocycles. The van der Waals surface area contributed by atoms with Gasteiger partial charge < -0.3 is 20.3 Å². The fourth-order valence-corrected chi connectivity index (χ4v) is 2.33. The molecule has 1 aromatic heterocycles. The van der Waals surface area contributed by atoms with E-state index in [9.17, 15) is 5.11 Å². The molecule has 0 saturated heterocycles. The molecule has 3 N–H and O–H groups in total. The first kappa shape index (κ1) is 21.4. The molecule has 25 heavy (non-hydrogen) atoms. The summed E-state index contributed by atoms with van der Waals surface area (Å²) in [6, 6.07) is 9.67. The quantitative estimate of drug-likeness (QED) is 0.321. The Kier molecular flexibility index (Phi) is 10.1. The van der Waals surface area contributed by atoms with E-state index in [4.69, 9.17) is 0 Å². The van der Waals surface area contributed by atoms with Crippen LogP contribution >= 0.6 is 24.0 Å². The number of guanidine groups is 1. The van der Waals surface area contributed by atoms with Gasteiger partial charge in [-0.05, 0) is 25.8 Å². The molecule has 138 valence electrons. The fraction of sp³-hybridized carbons (Fsp3) is 0.471. The third-order valence-corrected chi connectivity index (χ3v) is 3.65. The molecule has 0 aliphatic heterocycles. The summed E-state index contributed by atoms with van der Waals surface area (Å²) < 4.78 is 1.96. The minimum atomic E-state index is -0.482. The van der Waals surface area contributed by atoms with E-state index in [0.717, 1.165) is 24.5 Å². The van der Waals surface area contributed by atoms with Crippen molar-refractivity contribution in [3.8, 4) is 0 Å². The van der Waals surface area contributed by atoms with E-state index in [1.165, 1.54) is 0 Å². The van der Waals surface area contributed by atoms with Crippen molar-refractivity contribution in [3.63, 3.8) is 0 Å². The summed E-state index contributed by atoms with van der Waals surface area (Å²) in [7, 11) is 0. The first-order valence-corrected chi connectivity index (χ1v) is 8.36. The lowest BCUT2D eigenvalue weighted by Gasteiger charge is -2.14. The molecule has 0 bridgehead atoms. The van der Waals surface area contributed by atoms with Crippen LogP contribution in [-0.4, -0.2) is 38.9 Å². The van der Waals surface area contributed by atoms with E-state index < -0.39 is 6.10 Å². The Hall–Kier alpha value is -1.68. The van der Waals surface area contributed by atoms with E-state index in [2.05, 4.69) is 25.8 Å². The van der Waals surface area contributed by atoms with E-state index in [0.29, 0.717) is 25.5 Å². The maximum Gasteiger partial charge on any atom is 0.191 e. The average Bonchev–Trinajstić information content (AvgIpc) is 3.08. The molecule has 0 fully saturated rings. The first-order valence-electron chi connectivity index (χ1n) is 8.36. The second kappa shape index (κ2) is 11.8. The van der Waals surface area contributed by atoms with Gasteiger partial charge in [0.1, 0.15) is 12.9 Å². The monoisotopic (exact) mass is 458 g/mol. The van der Waals surface area contributed by atoms with Crippen LogP contribution in [0.15, 0.2) is 41.7 Å². The highest BCUT2D eigenvalue weighted by Gasteiger charge is 2.07. The number of aryl methyl sites for hydroxylation is 1. The molecule has 7 nitrogen and oxygen atoms in total. The number of rotatable bonds is 8. The molecular weight excluding hydrogens is 431 g/mol. The number of benzene rings is 1. The molecule has 8 heteroatoms. The predicted octanol–water partition coefficient (Wildman–Crippen LogP) is 2.09. The number of nitrogens with zero attached hydrogens (tertiary/aromatic N) is 4. The van der Waals surface area contributed by atoms with Crippen LogP contribution in [0.4, 0.5) is 0 Å². The zero-order valence-corrected chi connectivity index (χ0v) is 17.1. The van der Waals surface area contributed by atoms with Crippen LogP contribution in [0.2, 0.25) is 0 Å². The van der Waals surface area contributed by atoms with E-state index in [1.54, 1.807) is 6.33 Å². The summed E-state index contributed by atoms with van der Waals surface area (Å²) in [5.41, 5.74) is 0.928.